The number of amides is 2. The second-order valence-corrected chi connectivity index (χ2v) is 6.98. The van der Waals surface area contributed by atoms with Crippen molar-refractivity contribution in [1.29, 1.82) is 0 Å². The van der Waals surface area contributed by atoms with Crippen molar-refractivity contribution in [2.24, 2.45) is 9.98 Å². The molecule has 4 rings (SSSR count). The zero-order valence-corrected chi connectivity index (χ0v) is 15.6. The molecule has 3 heterocycles. The van der Waals surface area contributed by atoms with Crippen LogP contribution < -0.4 is 5.32 Å². The van der Waals surface area contributed by atoms with Gasteiger partial charge in [0.05, 0.1) is 18.1 Å². The number of hydrogen-bond acceptors (Lipinski definition) is 5. The molecule has 148 valence electrons. The molecule has 1 saturated heterocycles. The lowest BCUT2D eigenvalue weighted by Gasteiger charge is -2.36. The molecule has 1 aromatic rings. The third kappa shape index (κ3) is 3.69. The van der Waals surface area contributed by atoms with Gasteiger partial charge in [0.25, 0.3) is 0 Å². The number of rotatable bonds is 3. The standard InChI is InChI=1S/C19H22F2N6O/c1-2-14-11-27-12-22-17(10-18(27)23-14)25-5-7-26(8-6-25)19(28)24-16-4-3-13(20)9-15(16)21/h3-4,9-10,12,14H,2,5-8,11H2,1H3,(H,24,28)/t14-/m1/s1. The number of fused-ring (bicyclic) bond motifs is 1. The smallest absolute Gasteiger partial charge is 0.322 e. The van der Waals surface area contributed by atoms with E-state index in [9.17, 15) is 13.6 Å². The van der Waals surface area contributed by atoms with E-state index < -0.39 is 17.7 Å². The minimum atomic E-state index is -0.791. The topological polar surface area (TPSA) is 63.5 Å². The third-order valence-corrected chi connectivity index (χ3v) is 5.14. The molecule has 0 unspecified atom stereocenters. The Labute approximate surface area is 162 Å². The first-order chi connectivity index (χ1) is 13.5. The Morgan fingerprint density at radius 1 is 1.25 bits per heavy atom. The van der Waals surface area contributed by atoms with Gasteiger partial charge < -0.3 is 20.0 Å². The molecule has 0 bridgehead atoms. The number of hydrogen-bond donors (Lipinski definition) is 1. The van der Waals surface area contributed by atoms with Gasteiger partial charge in [0, 0.05) is 44.9 Å². The zero-order valence-electron chi connectivity index (χ0n) is 15.6. The van der Waals surface area contributed by atoms with E-state index >= 15 is 0 Å². The van der Waals surface area contributed by atoms with Gasteiger partial charge in [0.2, 0.25) is 0 Å². The number of amidine groups is 1. The second-order valence-electron chi connectivity index (χ2n) is 6.98. The number of piperazine rings is 1. The summed E-state index contributed by atoms with van der Waals surface area (Å²) in [6, 6.07) is 2.99. The molecule has 0 spiro atoms. The first-order valence-corrected chi connectivity index (χ1v) is 9.39. The van der Waals surface area contributed by atoms with E-state index in [2.05, 4.69) is 32.0 Å². The lowest BCUT2D eigenvalue weighted by molar-refractivity contribution is 0.166. The maximum Gasteiger partial charge on any atom is 0.322 e. The van der Waals surface area contributed by atoms with Crippen LogP contribution in [0.2, 0.25) is 0 Å². The fourth-order valence-corrected chi connectivity index (χ4v) is 3.45. The van der Waals surface area contributed by atoms with Crippen molar-refractivity contribution in [1.82, 2.24) is 14.7 Å². The van der Waals surface area contributed by atoms with Crippen LogP contribution in [-0.4, -0.2) is 71.7 Å². The van der Waals surface area contributed by atoms with Crippen molar-refractivity contribution >= 4 is 23.9 Å². The molecule has 7 nitrogen and oxygen atoms in total. The highest BCUT2D eigenvalue weighted by Crippen LogP contribution is 2.20. The minimum Gasteiger partial charge on any atom is -0.353 e. The fraction of sp³-hybridized carbons (Fsp3) is 0.421. The Bertz CT molecular complexity index is 860. The van der Waals surface area contributed by atoms with Crippen LogP contribution in [-0.2, 0) is 0 Å². The van der Waals surface area contributed by atoms with Crippen LogP contribution >= 0.6 is 0 Å². The number of aliphatic imine (C=N–C) groups is 2. The quantitative estimate of drug-likeness (QED) is 0.865. The molecule has 0 radical (unpaired) electrons. The summed E-state index contributed by atoms with van der Waals surface area (Å²) in [6.45, 7) is 5.19. The molecular formula is C19H22F2N6O. The first-order valence-electron chi connectivity index (χ1n) is 9.39. The summed E-state index contributed by atoms with van der Waals surface area (Å²) in [5.74, 6) is 0.308. The summed E-state index contributed by atoms with van der Waals surface area (Å²) in [4.78, 5) is 27.4. The zero-order chi connectivity index (χ0) is 19.7. The molecule has 1 aromatic carbocycles. The van der Waals surface area contributed by atoms with E-state index in [1.54, 1.807) is 4.90 Å². The predicted octanol–water partition coefficient (Wildman–Crippen LogP) is 2.49. The van der Waals surface area contributed by atoms with Crippen LogP contribution in [0.15, 0.2) is 40.1 Å². The highest BCUT2D eigenvalue weighted by atomic mass is 19.1. The van der Waals surface area contributed by atoms with Gasteiger partial charge in [0.15, 0.2) is 0 Å². The molecule has 1 atom stereocenters. The van der Waals surface area contributed by atoms with E-state index in [4.69, 9.17) is 0 Å². The maximum absolute atomic E-state index is 13.7. The summed E-state index contributed by atoms with van der Waals surface area (Å²) in [5.41, 5.74) is -0.0294. The average Bonchev–Trinajstić information content (AvgIpc) is 3.12. The van der Waals surface area contributed by atoms with Gasteiger partial charge in [-0.2, -0.15) is 0 Å². The van der Waals surface area contributed by atoms with Crippen LogP contribution in [0.3, 0.4) is 0 Å². The second kappa shape index (κ2) is 7.57. The van der Waals surface area contributed by atoms with Crippen molar-refractivity contribution in [2.75, 3.05) is 38.0 Å². The highest BCUT2D eigenvalue weighted by molar-refractivity contribution is 6.03. The largest absolute Gasteiger partial charge is 0.353 e. The van der Waals surface area contributed by atoms with Gasteiger partial charge in [-0.1, -0.05) is 6.92 Å². The normalized spacial score (nSPS) is 21.4. The van der Waals surface area contributed by atoms with Crippen LogP contribution in [0.5, 0.6) is 0 Å². The van der Waals surface area contributed by atoms with Crippen LogP contribution in [0.4, 0.5) is 19.3 Å². The van der Waals surface area contributed by atoms with E-state index in [1.807, 2.05) is 12.4 Å². The number of anilines is 1. The van der Waals surface area contributed by atoms with Crippen LogP contribution in [0.1, 0.15) is 13.3 Å². The molecule has 1 fully saturated rings. The number of carbonyl (C=O) groups is 1. The summed E-state index contributed by atoms with van der Waals surface area (Å²) in [7, 11) is 0. The Balaban J connectivity index is 1.34. The monoisotopic (exact) mass is 388 g/mol. The number of carbonyl (C=O) groups excluding carboxylic acids is 1. The van der Waals surface area contributed by atoms with Crippen LogP contribution in [0.25, 0.3) is 0 Å². The third-order valence-electron chi connectivity index (χ3n) is 5.14. The van der Waals surface area contributed by atoms with Gasteiger partial charge >= 0.3 is 6.03 Å². The molecule has 0 saturated carbocycles. The van der Waals surface area contributed by atoms with Crippen molar-refractivity contribution in [3.63, 3.8) is 0 Å². The first kappa shape index (κ1) is 18.4. The van der Waals surface area contributed by atoms with E-state index in [-0.39, 0.29) is 5.69 Å². The van der Waals surface area contributed by atoms with E-state index in [0.29, 0.717) is 32.2 Å². The Kier molecular flexibility index (Phi) is 4.97. The minimum absolute atomic E-state index is 0.0294. The van der Waals surface area contributed by atoms with E-state index in [0.717, 1.165) is 36.8 Å². The Morgan fingerprint density at radius 3 is 2.75 bits per heavy atom. The summed E-state index contributed by atoms with van der Waals surface area (Å²) in [6.07, 6.45) is 4.80. The van der Waals surface area contributed by atoms with Crippen molar-refractivity contribution in [3.8, 4) is 0 Å². The van der Waals surface area contributed by atoms with Crippen molar-refractivity contribution < 1.29 is 13.6 Å². The van der Waals surface area contributed by atoms with Gasteiger partial charge in [-0.05, 0) is 18.6 Å². The van der Waals surface area contributed by atoms with E-state index in [1.165, 1.54) is 6.07 Å². The molecular weight excluding hydrogens is 366 g/mol. The molecule has 2 amide bonds. The SMILES string of the molecule is CC[C@@H]1CN2C=NC(N3CCN(C(=O)Nc4ccc(F)cc4F)CC3)=CC2=N1. The lowest BCUT2D eigenvalue weighted by Crippen LogP contribution is -2.50. The molecule has 3 aliphatic heterocycles. The van der Waals surface area contributed by atoms with Gasteiger partial charge in [0.1, 0.15) is 23.3 Å². The highest BCUT2D eigenvalue weighted by Gasteiger charge is 2.28. The van der Waals surface area contributed by atoms with Crippen molar-refractivity contribution in [2.45, 2.75) is 19.4 Å². The molecule has 3 aliphatic rings. The molecule has 9 heteroatoms. The summed E-state index contributed by atoms with van der Waals surface area (Å²) >= 11 is 0. The number of nitrogens with zero attached hydrogens (tertiary/aromatic N) is 5. The van der Waals surface area contributed by atoms with Gasteiger partial charge in [-0.25, -0.2) is 18.6 Å². The number of nitrogens with one attached hydrogen (secondary N) is 1. The van der Waals surface area contributed by atoms with Gasteiger partial charge in [-0.15, -0.1) is 0 Å². The molecule has 28 heavy (non-hydrogen) atoms. The maximum atomic E-state index is 13.7. The average molecular weight is 388 g/mol. The fourth-order valence-electron chi connectivity index (χ4n) is 3.45. The number of halogens is 2. The Morgan fingerprint density at radius 2 is 2.04 bits per heavy atom. The lowest BCUT2D eigenvalue weighted by atomic mass is 10.2. The Hall–Kier alpha value is -2.97. The number of urea groups is 1. The number of benzene rings is 1. The molecule has 1 N–H and O–H groups in total. The molecule has 0 aromatic heterocycles. The van der Waals surface area contributed by atoms with Crippen molar-refractivity contribution in [3.05, 3.63) is 41.7 Å². The molecule has 0 aliphatic carbocycles. The summed E-state index contributed by atoms with van der Waals surface area (Å²) < 4.78 is 26.7. The van der Waals surface area contributed by atoms with Crippen LogP contribution in [0, 0.1) is 11.6 Å². The predicted molar refractivity (Wildman–Crippen MR) is 103 cm³/mol. The summed E-state index contributed by atoms with van der Waals surface area (Å²) in [5, 5.41) is 2.50. The van der Waals surface area contributed by atoms with Gasteiger partial charge in [-0.3, -0.25) is 4.99 Å².